The van der Waals surface area contributed by atoms with Crippen molar-refractivity contribution in [2.75, 3.05) is 20.1 Å². The third kappa shape index (κ3) is 4.31. The molecule has 2 aromatic rings. The van der Waals surface area contributed by atoms with Crippen LogP contribution in [0.2, 0.25) is 0 Å². The quantitative estimate of drug-likeness (QED) is 0.322. The summed E-state index contributed by atoms with van der Waals surface area (Å²) in [6, 6.07) is 6.98. The summed E-state index contributed by atoms with van der Waals surface area (Å²) < 4.78 is 1.88. The molecule has 0 aliphatic carbocycles. The molecule has 8 heteroatoms. The van der Waals surface area contributed by atoms with Gasteiger partial charge in [0.25, 0.3) is 11.8 Å². The van der Waals surface area contributed by atoms with E-state index in [-0.39, 0.29) is 11.8 Å². The number of benzene rings is 1. The molecule has 0 bridgehead atoms. The normalized spacial score (nSPS) is 13.8. The number of amides is 2. The van der Waals surface area contributed by atoms with Gasteiger partial charge in [-0.25, -0.2) is 0 Å². The Labute approximate surface area is 171 Å². The minimum Gasteiger partial charge on any atom is -0.356 e. The molecule has 0 radical (unpaired) electrons. The molecule has 1 aliphatic heterocycles. The van der Waals surface area contributed by atoms with Crippen LogP contribution in [0.3, 0.4) is 0 Å². The van der Waals surface area contributed by atoms with E-state index in [1.165, 1.54) is 10.5 Å². The summed E-state index contributed by atoms with van der Waals surface area (Å²) in [6.45, 7) is 5.83. The van der Waals surface area contributed by atoms with Crippen molar-refractivity contribution in [2.45, 2.75) is 33.2 Å². The monoisotopic (exact) mass is 396 g/mol. The number of imide groups is 1. The molecule has 1 aliphatic rings. The van der Waals surface area contributed by atoms with Crippen LogP contribution < -0.4 is 10.6 Å². The number of rotatable bonds is 7. The zero-order valence-electron chi connectivity index (χ0n) is 17.5. The van der Waals surface area contributed by atoms with Gasteiger partial charge in [-0.1, -0.05) is 12.1 Å². The van der Waals surface area contributed by atoms with E-state index in [9.17, 15) is 9.59 Å². The number of carbonyl (C=O) groups is 2. The van der Waals surface area contributed by atoms with E-state index in [1.54, 1.807) is 31.3 Å². The van der Waals surface area contributed by atoms with Crippen LogP contribution in [0.4, 0.5) is 0 Å². The van der Waals surface area contributed by atoms with E-state index >= 15 is 0 Å². The lowest BCUT2D eigenvalue weighted by Crippen LogP contribution is -2.38. The third-order valence-corrected chi connectivity index (χ3v) is 5.29. The molecule has 0 fully saturated rings. The SMILES string of the molecule is CN=C(NCCCCN1C(=O)c2ccccc2C1=O)NCc1c(C)nn(C)c1C. The molecule has 2 heterocycles. The lowest BCUT2D eigenvalue weighted by Gasteiger charge is -2.15. The lowest BCUT2D eigenvalue weighted by molar-refractivity contribution is 0.0652. The van der Waals surface area contributed by atoms with Gasteiger partial charge < -0.3 is 10.6 Å². The first-order valence-corrected chi connectivity index (χ1v) is 9.82. The summed E-state index contributed by atoms with van der Waals surface area (Å²) in [6.07, 6.45) is 1.55. The number of nitrogens with one attached hydrogen (secondary N) is 2. The maximum atomic E-state index is 12.4. The largest absolute Gasteiger partial charge is 0.356 e. The van der Waals surface area contributed by atoms with Crippen LogP contribution in [0.5, 0.6) is 0 Å². The van der Waals surface area contributed by atoms with Crippen molar-refractivity contribution in [3.63, 3.8) is 0 Å². The number of hydrogen-bond acceptors (Lipinski definition) is 4. The second-order valence-corrected chi connectivity index (χ2v) is 7.14. The molecule has 0 saturated heterocycles. The number of aromatic nitrogens is 2. The Morgan fingerprint density at radius 3 is 2.28 bits per heavy atom. The fourth-order valence-electron chi connectivity index (χ4n) is 3.51. The Morgan fingerprint density at radius 1 is 1.07 bits per heavy atom. The van der Waals surface area contributed by atoms with Gasteiger partial charge in [0, 0.05) is 45.0 Å². The van der Waals surface area contributed by atoms with Crippen molar-refractivity contribution < 1.29 is 9.59 Å². The van der Waals surface area contributed by atoms with Crippen LogP contribution in [0.1, 0.15) is 50.5 Å². The lowest BCUT2D eigenvalue weighted by atomic mass is 10.1. The van der Waals surface area contributed by atoms with Crippen molar-refractivity contribution in [1.82, 2.24) is 25.3 Å². The highest BCUT2D eigenvalue weighted by Crippen LogP contribution is 2.22. The van der Waals surface area contributed by atoms with Crippen LogP contribution in [0, 0.1) is 13.8 Å². The number of guanidine groups is 1. The van der Waals surface area contributed by atoms with Crippen molar-refractivity contribution in [2.24, 2.45) is 12.0 Å². The predicted octanol–water partition coefficient (Wildman–Crippen LogP) is 1.78. The number of carbonyl (C=O) groups excluding carboxylic acids is 2. The highest BCUT2D eigenvalue weighted by molar-refractivity contribution is 6.21. The first kappa shape index (κ1) is 20.6. The van der Waals surface area contributed by atoms with Gasteiger partial charge in [0.2, 0.25) is 0 Å². The summed E-state index contributed by atoms with van der Waals surface area (Å²) in [4.78, 5) is 30.3. The molecule has 3 rings (SSSR count). The number of unbranched alkanes of at least 4 members (excludes halogenated alkanes) is 1. The van der Waals surface area contributed by atoms with Crippen LogP contribution in [0.15, 0.2) is 29.3 Å². The van der Waals surface area contributed by atoms with E-state index in [0.717, 1.165) is 24.2 Å². The molecular weight excluding hydrogens is 368 g/mol. The smallest absolute Gasteiger partial charge is 0.261 e. The van der Waals surface area contributed by atoms with E-state index in [4.69, 9.17) is 0 Å². The Hall–Kier alpha value is -3.16. The maximum Gasteiger partial charge on any atom is 0.261 e. The van der Waals surface area contributed by atoms with Gasteiger partial charge in [0.1, 0.15) is 0 Å². The minimum atomic E-state index is -0.196. The molecule has 8 nitrogen and oxygen atoms in total. The Balaban J connectivity index is 1.41. The molecule has 29 heavy (non-hydrogen) atoms. The number of hydrogen-bond donors (Lipinski definition) is 2. The van der Waals surface area contributed by atoms with Crippen molar-refractivity contribution in [1.29, 1.82) is 0 Å². The zero-order valence-corrected chi connectivity index (χ0v) is 17.5. The van der Waals surface area contributed by atoms with Crippen LogP contribution >= 0.6 is 0 Å². The Kier molecular flexibility index (Phi) is 6.31. The third-order valence-electron chi connectivity index (χ3n) is 5.29. The molecule has 0 atom stereocenters. The summed E-state index contributed by atoms with van der Waals surface area (Å²) in [5.74, 6) is 0.324. The zero-order chi connectivity index (χ0) is 21.0. The van der Waals surface area contributed by atoms with Crippen LogP contribution in [0.25, 0.3) is 0 Å². The number of fused-ring (bicyclic) bond motifs is 1. The average Bonchev–Trinajstić information content (AvgIpc) is 3.11. The Bertz CT molecular complexity index is 912. The van der Waals surface area contributed by atoms with Crippen molar-refractivity contribution in [3.05, 3.63) is 52.3 Å². The molecule has 1 aromatic heterocycles. The van der Waals surface area contributed by atoms with Gasteiger partial charge in [0.05, 0.1) is 16.8 Å². The summed E-state index contributed by atoms with van der Waals surface area (Å²) in [5, 5.41) is 11.0. The molecule has 1 aromatic carbocycles. The molecule has 0 saturated carbocycles. The maximum absolute atomic E-state index is 12.4. The van der Waals surface area contributed by atoms with Gasteiger partial charge in [-0.05, 0) is 38.8 Å². The van der Waals surface area contributed by atoms with E-state index in [2.05, 4.69) is 20.7 Å². The first-order valence-electron chi connectivity index (χ1n) is 9.82. The molecular formula is C21H28N6O2. The second-order valence-electron chi connectivity index (χ2n) is 7.14. The van der Waals surface area contributed by atoms with E-state index < -0.39 is 0 Å². The summed E-state index contributed by atoms with van der Waals surface area (Å²) >= 11 is 0. The van der Waals surface area contributed by atoms with Crippen LogP contribution in [-0.2, 0) is 13.6 Å². The molecule has 2 amide bonds. The van der Waals surface area contributed by atoms with E-state index in [1.807, 2.05) is 25.6 Å². The highest BCUT2D eigenvalue weighted by Gasteiger charge is 2.34. The Morgan fingerprint density at radius 2 is 1.72 bits per heavy atom. The predicted molar refractivity (Wildman–Crippen MR) is 112 cm³/mol. The van der Waals surface area contributed by atoms with Gasteiger partial charge in [-0.2, -0.15) is 5.10 Å². The van der Waals surface area contributed by atoms with Crippen molar-refractivity contribution >= 4 is 17.8 Å². The number of nitrogens with zero attached hydrogens (tertiary/aromatic N) is 4. The number of aryl methyl sites for hydroxylation is 2. The molecule has 2 N–H and O–H groups in total. The molecule has 154 valence electrons. The number of aliphatic imine (C=N–C) groups is 1. The highest BCUT2D eigenvalue weighted by atomic mass is 16.2. The topological polar surface area (TPSA) is 91.6 Å². The van der Waals surface area contributed by atoms with Crippen molar-refractivity contribution in [3.8, 4) is 0 Å². The van der Waals surface area contributed by atoms with Gasteiger partial charge in [-0.15, -0.1) is 0 Å². The summed E-state index contributed by atoms with van der Waals surface area (Å²) in [7, 11) is 3.67. The fraction of sp³-hybridized carbons (Fsp3) is 0.429. The van der Waals surface area contributed by atoms with E-state index in [0.29, 0.717) is 36.7 Å². The fourth-order valence-corrected chi connectivity index (χ4v) is 3.51. The standard InChI is InChI=1S/C21H28N6O2/c1-14-18(15(2)26(4)25-14)13-24-21(22-3)23-11-7-8-12-27-19(28)16-9-5-6-10-17(16)20(27)29/h5-6,9-10H,7-8,11-13H2,1-4H3,(H2,22,23,24). The first-order chi connectivity index (χ1) is 13.9. The molecule has 0 unspecified atom stereocenters. The molecule has 0 spiro atoms. The average molecular weight is 396 g/mol. The second kappa shape index (κ2) is 8.89. The van der Waals surface area contributed by atoms with Gasteiger partial charge in [-0.3, -0.25) is 24.2 Å². The van der Waals surface area contributed by atoms with Gasteiger partial charge >= 0.3 is 0 Å². The van der Waals surface area contributed by atoms with Gasteiger partial charge in [0.15, 0.2) is 5.96 Å². The summed E-state index contributed by atoms with van der Waals surface area (Å²) in [5.41, 5.74) is 4.31. The van der Waals surface area contributed by atoms with Crippen LogP contribution in [-0.4, -0.2) is 52.6 Å². The minimum absolute atomic E-state index is 0.196.